The Hall–Kier alpha value is -1.63. The van der Waals surface area contributed by atoms with Crippen LogP contribution in [0.3, 0.4) is 0 Å². The Morgan fingerprint density at radius 1 is 1.23 bits per heavy atom. The molecular weight excluding hydrogens is 158 g/mol. The molecule has 1 heteroatoms. The van der Waals surface area contributed by atoms with Crippen molar-refractivity contribution in [3.8, 4) is 11.1 Å². The predicted octanol–water partition coefficient (Wildman–Crippen LogP) is 2.45. The molecule has 0 amide bonds. The molecule has 0 unspecified atom stereocenters. The first-order valence-electron chi connectivity index (χ1n) is 4.38. The van der Waals surface area contributed by atoms with Gasteiger partial charge in [0.2, 0.25) is 0 Å². The van der Waals surface area contributed by atoms with Crippen LogP contribution >= 0.6 is 0 Å². The Morgan fingerprint density at radius 3 is 3.23 bits per heavy atom. The maximum Gasteiger partial charge on any atom is 0.0525 e. The maximum atomic E-state index is 4.36. The smallest absolute Gasteiger partial charge is 0.0525 e. The Bertz CT molecular complexity index is 417. The molecule has 0 fully saturated rings. The summed E-state index contributed by atoms with van der Waals surface area (Å²) in [5.74, 6) is 0. The quantitative estimate of drug-likeness (QED) is 0.500. The van der Waals surface area contributed by atoms with Gasteiger partial charge < -0.3 is 0 Å². The molecule has 1 heterocycles. The van der Waals surface area contributed by atoms with Crippen LogP contribution in [0.5, 0.6) is 0 Å². The molecule has 61 valence electrons. The summed E-state index contributed by atoms with van der Waals surface area (Å²) >= 11 is 0. The minimum absolute atomic E-state index is 0.972. The minimum Gasteiger partial charge on any atom is -0.260 e. The highest BCUT2D eigenvalue weighted by molar-refractivity contribution is 5.74. The van der Waals surface area contributed by atoms with E-state index in [-0.39, 0.29) is 0 Å². The average Bonchev–Trinajstić information content (AvgIpc) is 2.56. The summed E-state index contributed by atoms with van der Waals surface area (Å²) in [6, 6.07) is 13.3. The van der Waals surface area contributed by atoms with Crippen molar-refractivity contribution in [2.24, 2.45) is 0 Å². The molecule has 1 aromatic carbocycles. The van der Waals surface area contributed by atoms with Gasteiger partial charge >= 0.3 is 0 Å². The molecule has 1 aromatic heterocycles. The lowest BCUT2D eigenvalue weighted by atomic mass is 10.1. The highest BCUT2D eigenvalue weighted by Crippen LogP contribution is 2.34. The number of hydrogen-bond donors (Lipinski definition) is 0. The Kier molecular flexibility index (Phi) is 1.28. The number of benzene rings is 1. The second-order valence-electron chi connectivity index (χ2n) is 3.26. The molecule has 0 bridgehead atoms. The third kappa shape index (κ3) is 0.903. The maximum absolute atomic E-state index is 4.36. The summed E-state index contributed by atoms with van der Waals surface area (Å²) in [6.07, 6.45) is 2.83. The van der Waals surface area contributed by atoms with Gasteiger partial charge in [-0.3, -0.25) is 4.98 Å². The van der Waals surface area contributed by atoms with Crippen LogP contribution in [0.4, 0.5) is 0 Å². The first-order chi connectivity index (χ1) is 6.45. The van der Waals surface area contributed by atoms with Crippen LogP contribution in [0.1, 0.15) is 11.3 Å². The summed E-state index contributed by atoms with van der Waals surface area (Å²) in [4.78, 5) is 4.36. The van der Waals surface area contributed by atoms with Crippen molar-refractivity contribution in [3.05, 3.63) is 53.9 Å². The second-order valence-corrected chi connectivity index (χ2v) is 3.26. The van der Waals surface area contributed by atoms with E-state index in [2.05, 4.69) is 23.2 Å². The van der Waals surface area contributed by atoms with E-state index >= 15 is 0 Å². The first-order valence-corrected chi connectivity index (χ1v) is 4.38. The number of nitrogens with zero attached hydrogens (tertiary/aromatic N) is 1. The fourth-order valence-electron chi connectivity index (χ4n) is 1.87. The Labute approximate surface area is 77.1 Å². The topological polar surface area (TPSA) is 12.9 Å². The molecule has 0 saturated heterocycles. The predicted molar refractivity (Wildman–Crippen MR) is 51.3 cm³/mol. The zero-order valence-corrected chi connectivity index (χ0v) is 7.12. The van der Waals surface area contributed by atoms with Crippen LogP contribution in [0.25, 0.3) is 11.1 Å². The van der Waals surface area contributed by atoms with Crippen molar-refractivity contribution in [2.75, 3.05) is 0 Å². The summed E-state index contributed by atoms with van der Waals surface area (Å²) in [5.41, 5.74) is 5.13. The van der Waals surface area contributed by atoms with Gasteiger partial charge in [-0.25, -0.2) is 0 Å². The third-order valence-electron chi connectivity index (χ3n) is 2.49. The van der Waals surface area contributed by atoms with Crippen LogP contribution < -0.4 is 0 Å². The van der Waals surface area contributed by atoms with Crippen LogP contribution in [-0.4, -0.2) is 4.98 Å². The summed E-state index contributed by atoms with van der Waals surface area (Å²) < 4.78 is 0. The fourth-order valence-corrected chi connectivity index (χ4v) is 1.87. The molecule has 0 aliphatic heterocycles. The molecule has 0 saturated carbocycles. The lowest BCUT2D eigenvalue weighted by Gasteiger charge is -1.97. The molecule has 3 rings (SSSR count). The molecule has 1 radical (unpaired) electrons. The van der Waals surface area contributed by atoms with Crippen LogP contribution in [0, 0.1) is 6.07 Å². The molecule has 1 aliphatic rings. The zero-order chi connectivity index (χ0) is 8.67. The van der Waals surface area contributed by atoms with E-state index in [9.17, 15) is 0 Å². The number of fused-ring (bicyclic) bond motifs is 3. The second kappa shape index (κ2) is 2.43. The van der Waals surface area contributed by atoms with E-state index in [1.165, 1.54) is 22.4 Å². The normalized spacial score (nSPS) is 12.3. The highest BCUT2D eigenvalue weighted by atomic mass is 14.7. The molecule has 13 heavy (non-hydrogen) atoms. The first kappa shape index (κ1) is 6.84. The van der Waals surface area contributed by atoms with Crippen molar-refractivity contribution in [1.29, 1.82) is 0 Å². The van der Waals surface area contributed by atoms with Gasteiger partial charge in [0.25, 0.3) is 0 Å². The molecule has 0 N–H and O–H groups in total. The van der Waals surface area contributed by atoms with E-state index in [0.29, 0.717) is 0 Å². The van der Waals surface area contributed by atoms with Crippen LogP contribution in [0.2, 0.25) is 0 Å². The van der Waals surface area contributed by atoms with Crippen molar-refractivity contribution in [2.45, 2.75) is 6.42 Å². The standard InChI is InChI=1S/C12H8N/c1-2-5-10-9(4-1)8-12-11(10)6-3-7-13-12/h1,3-7H,8H2. The summed E-state index contributed by atoms with van der Waals surface area (Å²) in [7, 11) is 0. The van der Waals surface area contributed by atoms with E-state index in [0.717, 1.165) is 6.42 Å². The van der Waals surface area contributed by atoms with E-state index in [4.69, 9.17) is 0 Å². The number of aromatic nitrogens is 1. The Balaban J connectivity index is 2.32. The van der Waals surface area contributed by atoms with Gasteiger partial charge in [0.1, 0.15) is 0 Å². The monoisotopic (exact) mass is 166 g/mol. The highest BCUT2D eigenvalue weighted by Gasteiger charge is 2.17. The van der Waals surface area contributed by atoms with Gasteiger partial charge in [0.15, 0.2) is 0 Å². The van der Waals surface area contributed by atoms with Gasteiger partial charge in [-0.05, 0) is 29.3 Å². The van der Waals surface area contributed by atoms with Crippen molar-refractivity contribution < 1.29 is 0 Å². The summed E-state index contributed by atoms with van der Waals surface area (Å²) in [5, 5.41) is 0. The van der Waals surface area contributed by atoms with Crippen molar-refractivity contribution in [3.63, 3.8) is 0 Å². The van der Waals surface area contributed by atoms with E-state index in [1.54, 1.807) is 0 Å². The van der Waals surface area contributed by atoms with Gasteiger partial charge in [0.05, 0.1) is 5.69 Å². The van der Waals surface area contributed by atoms with E-state index < -0.39 is 0 Å². The summed E-state index contributed by atoms with van der Waals surface area (Å²) in [6.45, 7) is 0. The van der Waals surface area contributed by atoms with Crippen LogP contribution in [0.15, 0.2) is 36.5 Å². The van der Waals surface area contributed by atoms with Crippen molar-refractivity contribution in [1.82, 2.24) is 4.98 Å². The lowest BCUT2D eigenvalue weighted by molar-refractivity contribution is 1.12. The SMILES string of the molecule is [c]1ccc2c(c1)-c1cccnc1C2. The van der Waals surface area contributed by atoms with Gasteiger partial charge in [-0.1, -0.05) is 18.2 Å². The Morgan fingerprint density at radius 2 is 2.23 bits per heavy atom. The van der Waals surface area contributed by atoms with Crippen LogP contribution in [-0.2, 0) is 6.42 Å². The molecule has 2 aromatic rings. The zero-order valence-electron chi connectivity index (χ0n) is 7.12. The van der Waals surface area contributed by atoms with E-state index in [1.807, 2.05) is 24.4 Å². The molecular formula is C12H8N. The number of rotatable bonds is 0. The largest absolute Gasteiger partial charge is 0.260 e. The van der Waals surface area contributed by atoms with Crippen molar-refractivity contribution >= 4 is 0 Å². The fraction of sp³-hybridized carbons (Fsp3) is 0.0833. The third-order valence-corrected chi connectivity index (χ3v) is 2.49. The molecule has 0 spiro atoms. The number of pyridine rings is 1. The molecule has 0 atom stereocenters. The van der Waals surface area contributed by atoms with Gasteiger partial charge in [-0.15, -0.1) is 0 Å². The van der Waals surface area contributed by atoms with Gasteiger partial charge in [0, 0.05) is 18.2 Å². The minimum atomic E-state index is 0.972. The van der Waals surface area contributed by atoms with Gasteiger partial charge in [-0.2, -0.15) is 0 Å². The average molecular weight is 166 g/mol. The lowest BCUT2D eigenvalue weighted by Crippen LogP contribution is -1.83. The molecule has 1 aliphatic carbocycles. The number of hydrogen-bond acceptors (Lipinski definition) is 1. The molecule has 1 nitrogen and oxygen atoms in total.